The van der Waals surface area contributed by atoms with E-state index in [9.17, 15) is 27.6 Å². The van der Waals surface area contributed by atoms with Crippen LogP contribution in [0.5, 0.6) is 5.75 Å². The average molecular weight is 411 g/mol. The van der Waals surface area contributed by atoms with E-state index in [0.717, 1.165) is 5.56 Å². The van der Waals surface area contributed by atoms with Gasteiger partial charge in [0.05, 0.1) is 6.54 Å². The van der Waals surface area contributed by atoms with Gasteiger partial charge >= 0.3 is 12.4 Å². The van der Waals surface area contributed by atoms with Crippen LogP contribution in [0.1, 0.15) is 37.2 Å². The minimum absolute atomic E-state index is 0.0497. The van der Waals surface area contributed by atoms with Crippen LogP contribution in [0.15, 0.2) is 24.3 Å². The lowest BCUT2D eigenvalue weighted by molar-refractivity contribution is -0.274. The van der Waals surface area contributed by atoms with Gasteiger partial charge in [0.15, 0.2) is 0 Å². The Hall–Kier alpha value is -2.78. The first-order valence-corrected chi connectivity index (χ1v) is 9.43. The number of nitrogens with one attached hydrogen (secondary N) is 2. The van der Waals surface area contributed by atoms with Crippen LogP contribution in [0.2, 0.25) is 0 Å². The second-order valence-electron chi connectivity index (χ2n) is 7.84. The number of urea groups is 1. The molecule has 1 aromatic carbocycles. The lowest BCUT2D eigenvalue weighted by Gasteiger charge is -2.43. The molecule has 0 radical (unpaired) electrons. The summed E-state index contributed by atoms with van der Waals surface area (Å²) >= 11 is 0. The summed E-state index contributed by atoms with van der Waals surface area (Å²) in [6.07, 6.45) is -2.41. The van der Waals surface area contributed by atoms with E-state index < -0.39 is 23.8 Å². The molecule has 4 amide bonds. The van der Waals surface area contributed by atoms with E-state index in [2.05, 4.69) is 15.4 Å². The SMILES string of the molecule is O=C1NC(=O)C2(CCCN(C(=O)C3CC(c4ccc(OC(F)(F)F)cc4)C3)C2)N1. The fourth-order valence-corrected chi connectivity index (χ4v) is 4.35. The zero-order valence-corrected chi connectivity index (χ0v) is 15.4. The number of piperidine rings is 1. The van der Waals surface area contributed by atoms with Gasteiger partial charge in [-0.2, -0.15) is 0 Å². The molecular formula is C19H20F3N3O4. The molecule has 156 valence electrons. The first-order chi connectivity index (χ1) is 13.7. The number of hydrogen-bond donors (Lipinski definition) is 2. The Bertz CT molecular complexity index is 836. The molecular weight excluding hydrogens is 391 g/mol. The highest BCUT2D eigenvalue weighted by molar-refractivity contribution is 6.07. The molecule has 2 heterocycles. The molecule has 2 aliphatic heterocycles. The van der Waals surface area contributed by atoms with E-state index in [4.69, 9.17) is 0 Å². The number of imide groups is 1. The summed E-state index contributed by atoms with van der Waals surface area (Å²) in [5.41, 5.74) is -0.177. The van der Waals surface area contributed by atoms with E-state index in [1.807, 2.05) is 0 Å². The quantitative estimate of drug-likeness (QED) is 0.747. The number of rotatable bonds is 3. The van der Waals surface area contributed by atoms with Crippen LogP contribution in [0.3, 0.4) is 0 Å². The van der Waals surface area contributed by atoms with Crippen LogP contribution >= 0.6 is 0 Å². The fraction of sp³-hybridized carbons (Fsp3) is 0.526. The zero-order chi connectivity index (χ0) is 20.8. The van der Waals surface area contributed by atoms with Gasteiger partial charge in [-0.05, 0) is 49.3 Å². The van der Waals surface area contributed by atoms with Crippen LogP contribution in [-0.2, 0) is 9.59 Å². The molecule has 1 saturated carbocycles. The third-order valence-corrected chi connectivity index (χ3v) is 5.89. The lowest BCUT2D eigenvalue weighted by atomic mass is 9.70. The first-order valence-electron chi connectivity index (χ1n) is 9.43. The summed E-state index contributed by atoms with van der Waals surface area (Å²) < 4.78 is 40.6. The maximum absolute atomic E-state index is 12.8. The van der Waals surface area contributed by atoms with Gasteiger partial charge in [-0.25, -0.2) is 4.79 Å². The highest BCUT2D eigenvalue weighted by Gasteiger charge is 2.50. The Labute approximate surface area is 164 Å². The molecule has 7 nitrogen and oxygen atoms in total. The predicted octanol–water partition coefficient (Wildman–Crippen LogP) is 2.28. The Kier molecular flexibility index (Phi) is 4.66. The van der Waals surface area contributed by atoms with Crippen LogP contribution in [-0.4, -0.2) is 47.7 Å². The van der Waals surface area contributed by atoms with Crippen molar-refractivity contribution < 1.29 is 32.3 Å². The van der Waals surface area contributed by atoms with Crippen molar-refractivity contribution >= 4 is 17.8 Å². The number of hydrogen-bond acceptors (Lipinski definition) is 4. The summed E-state index contributed by atoms with van der Waals surface area (Å²) in [5.74, 6) is -0.818. The topological polar surface area (TPSA) is 87.7 Å². The van der Waals surface area contributed by atoms with Crippen molar-refractivity contribution in [3.05, 3.63) is 29.8 Å². The molecule has 0 bridgehead atoms. The Morgan fingerprint density at radius 2 is 1.86 bits per heavy atom. The molecule has 29 heavy (non-hydrogen) atoms. The molecule has 4 rings (SSSR count). The van der Waals surface area contributed by atoms with Gasteiger partial charge in [-0.1, -0.05) is 12.1 Å². The number of likely N-dealkylation sites (tertiary alicyclic amines) is 1. The van der Waals surface area contributed by atoms with Crippen molar-refractivity contribution in [2.45, 2.75) is 43.5 Å². The van der Waals surface area contributed by atoms with Crippen molar-refractivity contribution in [1.82, 2.24) is 15.5 Å². The number of carbonyl (C=O) groups is 3. The Balaban J connectivity index is 1.33. The molecule has 0 aromatic heterocycles. The largest absolute Gasteiger partial charge is 0.573 e. The zero-order valence-electron chi connectivity index (χ0n) is 15.4. The molecule has 2 N–H and O–H groups in total. The summed E-state index contributed by atoms with van der Waals surface area (Å²) in [4.78, 5) is 38.1. The third-order valence-electron chi connectivity index (χ3n) is 5.89. The molecule has 1 aromatic rings. The summed E-state index contributed by atoms with van der Waals surface area (Å²) in [6, 6.07) is 5.18. The number of carbonyl (C=O) groups excluding carboxylic acids is 3. The van der Waals surface area contributed by atoms with Crippen molar-refractivity contribution in [2.24, 2.45) is 5.92 Å². The molecule has 1 aliphatic carbocycles. The van der Waals surface area contributed by atoms with E-state index in [1.165, 1.54) is 12.1 Å². The minimum Gasteiger partial charge on any atom is -0.406 e. The maximum Gasteiger partial charge on any atom is 0.573 e. The number of halogens is 3. The molecule has 10 heteroatoms. The average Bonchev–Trinajstić information content (AvgIpc) is 2.86. The maximum atomic E-state index is 12.8. The van der Waals surface area contributed by atoms with Gasteiger partial charge in [0, 0.05) is 12.5 Å². The number of ether oxygens (including phenoxy) is 1. The van der Waals surface area contributed by atoms with Gasteiger partial charge in [-0.3, -0.25) is 14.9 Å². The van der Waals surface area contributed by atoms with Crippen molar-refractivity contribution in [3.8, 4) is 5.75 Å². The molecule has 2 saturated heterocycles. The molecule has 3 fully saturated rings. The van der Waals surface area contributed by atoms with E-state index >= 15 is 0 Å². The number of amides is 4. The van der Waals surface area contributed by atoms with Crippen LogP contribution in [0.25, 0.3) is 0 Å². The summed E-state index contributed by atoms with van der Waals surface area (Å²) in [5, 5.41) is 4.88. The Morgan fingerprint density at radius 3 is 2.45 bits per heavy atom. The van der Waals surface area contributed by atoms with Crippen LogP contribution < -0.4 is 15.4 Å². The lowest BCUT2D eigenvalue weighted by Crippen LogP contribution is -2.60. The second kappa shape index (κ2) is 6.93. The highest BCUT2D eigenvalue weighted by Crippen LogP contribution is 2.43. The van der Waals surface area contributed by atoms with Crippen molar-refractivity contribution in [3.63, 3.8) is 0 Å². The first kappa shape index (κ1) is 19.5. The summed E-state index contributed by atoms with van der Waals surface area (Å²) in [6.45, 7) is 0.697. The van der Waals surface area contributed by atoms with E-state index in [-0.39, 0.29) is 30.0 Å². The Morgan fingerprint density at radius 1 is 1.17 bits per heavy atom. The monoisotopic (exact) mass is 411 g/mol. The highest BCUT2D eigenvalue weighted by atomic mass is 19.4. The summed E-state index contributed by atoms with van der Waals surface area (Å²) in [7, 11) is 0. The van der Waals surface area contributed by atoms with Gasteiger partial charge in [0.2, 0.25) is 5.91 Å². The molecule has 3 aliphatic rings. The van der Waals surface area contributed by atoms with E-state index in [1.54, 1.807) is 17.0 Å². The number of benzene rings is 1. The minimum atomic E-state index is -4.73. The third kappa shape index (κ3) is 3.88. The normalized spacial score (nSPS) is 29.3. The van der Waals surface area contributed by atoms with Crippen LogP contribution in [0.4, 0.5) is 18.0 Å². The van der Waals surface area contributed by atoms with E-state index in [0.29, 0.717) is 32.2 Å². The predicted molar refractivity (Wildman–Crippen MR) is 93.8 cm³/mol. The molecule has 1 atom stereocenters. The molecule has 1 spiro atoms. The van der Waals surface area contributed by atoms with Crippen molar-refractivity contribution in [1.29, 1.82) is 0 Å². The smallest absolute Gasteiger partial charge is 0.406 e. The fourth-order valence-electron chi connectivity index (χ4n) is 4.35. The van der Waals surface area contributed by atoms with Crippen molar-refractivity contribution in [2.75, 3.05) is 13.1 Å². The number of nitrogens with zero attached hydrogens (tertiary/aromatic N) is 1. The molecule has 1 unspecified atom stereocenters. The van der Waals surface area contributed by atoms with Gasteiger partial charge in [0.25, 0.3) is 5.91 Å². The second-order valence-corrected chi connectivity index (χ2v) is 7.84. The van der Waals surface area contributed by atoms with Gasteiger partial charge < -0.3 is 15.0 Å². The standard InChI is InChI=1S/C19H20F3N3O4/c20-19(21,22)29-14-4-2-11(3-5-14)12-8-13(9-12)15(26)25-7-1-6-18(10-25)16(27)23-17(28)24-18/h2-5,12-13H,1,6-10H2,(H2,23,24,27,28). The number of alkyl halides is 3. The van der Waals surface area contributed by atoms with Gasteiger partial charge in [-0.15, -0.1) is 13.2 Å². The van der Waals surface area contributed by atoms with Crippen LogP contribution in [0, 0.1) is 5.92 Å². The van der Waals surface area contributed by atoms with Gasteiger partial charge in [0.1, 0.15) is 11.3 Å².